The number of hydrogen-bond donors (Lipinski definition) is 1. The molecule has 2 saturated heterocycles. The molecule has 0 aromatic heterocycles. The third kappa shape index (κ3) is 5.23. The predicted octanol–water partition coefficient (Wildman–Crippen LogP) is 3.46. The third-order valence-corrected chi connectivity index (χ3v) is 5.95. The van der Waals surface area contributed by atoms with E-state index in [0.29, 0.717) is 29.0 Å². The van der Waals surface area contributed by atoms with Crippen LogP contribution in [-0.2, 0) is 6.61 Å². The smallest absolute Gasteiger partial charge is 0.257 e. The molecule has 0 bridgehead atoms. The topological polar surface area (TPSA) is 44.8 Å². The minimum Gasteiger partial charge on any atom is -0.488 e. The van der Waals surface area contributed by atoms with Gasteiger partial charge in [-0.15, -0.1) is 12.4 Å². The number of hydrogen-bond acceptors (Lipinski definition) is 4. The highest BCUT2D eigenvalue weighted by molar-refractivity contribution is 6.31. The standard InChI is InChI=1S/C22H26ClN3O2.ClH/c23-20-7-3-1-5-17(20)16-28-21-8-4-2-6-19(21)22(27)26-12-9-18(15-26)25-13-10-24-11-14-25;/h1-8,18,24H,9-16H2;1H. The van der Waals surface area contributed by atoms with Crippen molar-refractivity contribution < 1.29 is 9.53 Å². The van der Waals surface area contributed by atoms with Gasteiger partial charge >= 0.3 is 0 Å². The summed E-state index contributed by atoms with van der Waals surface area (Å²) < 4.78 is 5.98. The first-order valence-electron chi connectivity index (χ1n) is 9.91. The lowest BCUT2D eigenvalue weighted by Gasteiger charge is -2.32. The van der Waals surface area contributed by atoms with Gasteiger partial charge in [-0.05, 0) is 24.6 Å². The van der Waals surface area contributed by atoms with Gasteiger partial charge in [-0.25, -0.2) is 0 Å². The minimum absolute atomic E-state index is 0. The summed E-state index contributed by atoms with van der Waals surface area (Å²) in [6, 6.07) is 15.6. The molecule has 1 unspecified atom stereocenters. The molecule has 5 nitrogen and oxygen atoms in total. The number of nitrogens with zero attached hydrogens (tertiary/aromatic N) is 2. The van der Waals surface area contributed by atoms with Gasteiger partial charge in [-0.1, -0.05) is 41.9 Å². The summed E-state index contributed by atoms with van der Waals surface area (Å²) in [6.45, 7) is 6.11. The zero-order chi connectivity index (χ0) is 19.3. The lowest BCUT2D eigenvalue weighted by Crippen LogP contribution is -2.49. The van der Waals surface area contributed by atoms with Crippen LogP contribution in [0.2, 0.25) is 5.02 Å². The molecule has 4 rings (SSSR count). The zero-order valence-electron chi connectivity index (χ0n) is 16.4. The molecule has 2 fully saturated rings. The van der Waals surface area contributed by atoms with Crippen molar-refractivity contribution in [2.45, 2.75) is 19.1 Å². The molecule has 0 saturated carbocycles. The molecule has 2 aromatic rings. The molecule has 7 heteroatoms. The van der Waals surface area contributed by atoms with Crippen LogP contribution in [0, 0.1) is 0 Å². The van der Waals surface area contributed by atoms with E-state index in [-0.39, 0.29) is 18.3 Å². The number of piperazine rings is 1. The number of rotatable bonds is 5. The number of amides is 1. The van der Waals surface area contributed by atoms with Crippen molar-refractivity contribution in [1.29, 1.82) is 0 Å². The average molecular weight is 436 g/mol. The van der Waals surface area contributed by atoms with E-state index < -0.39 is 0 Å². The van der Waals surface area contributed by atoms with E-state index in [1.54, 1.807) is 0 Å². The van der Waals surface area contributed by atoms with Crippen molar-refractivity contribution in [1.82, 2.24) is 15.1 Å². The number of benzene rings is 2. The number of nitrogens with one attached hydrogen (secondary N) is 1. The number of likely N-dealkylation sites (tertiary alicyclic amines) is 1. The third-order valence-electron chi connectivity index (χ3n) is 5.58. The van der Waals surface area contributed by atoms with Gasteiger partial charge in [0.2, 0.25) is 0 Å². The molecule has 156 valence electrons. The van der Waals surface area contributed by atoms with E-state index in [4.69, 9.17) is 16.3 Å². The first-order valence-corrected chi connectivity index (χ1v) is 10.3. The highest BCUT2D eigenvalue weighted by Gasteiger charge is 2.32. The highest BCUT2D eigenvalue weighted by Crippen LogP contribution is 2.25. The van der Waals surface area contributed by atoms with E-state index in [9.17, 15) is 4.79 Å². The maximum atomic E-state index is 13.2. The summed E-state index contributed by atoms with van der Waals surface area (Å²) in [5.41, 5.74) is 1.53. The fourth-order valence-corrected chi connectivity index (χ4v) is 4.17. The molecule has 1 N–H and O–H groups in total. The number of ether oxygens (including phenoxy) is 1. The predicted molar refractivity (Wildman–Crippen MR) is 118 cm³/mol. The lowest BCUT2D eigenvalue weighted by molar-refractivity contribution is 0.0768. The first kappa shape index (κ1) is 21.9. The van der Waals surface area contributed by atoms with Crippen molar-refractivity contribution in [2.75, 3.05) is 39.3 Å². The Labute approximate surface area is 183 Å². The van der Waals surface area contributed by atoms with Crippen LogP contribution >= 0.6 is 24.0 Å². The Hall–Kier alpha value is -1.79. The quantitative estimate of drug-likeness (QED) is 0.780. The summed E-state index contributed by atoms with van der Waals surface area (Å²) in [5, 5.41) is 4.06. The van der Waals surface area contributed by atoms with Crippen LogP contribution in [0.15, 0.2) is 48.5 Å². The Balaban J connectivity index is 0.00000240. The number of para-hydroxylation sites is 1. The van der Waals surface area contributed by atoms with Crippen molar-refractivity contribution in [3.8, 4) is 5.75 Å². The number of carbonyl (C=O) groups excluding carboxylic acids is 1. The van der Waals surface area contributed by atoms with Gasteiger partial charge in [0, 0.05) is 55.9 Å². The Morgan fingerprint density at radius 2 is 1.79 bits per heavy atom. The molecule has 1 atom stereocenters. The maximum Gasteiger partial charge on any atom is 0.257 e. The van der Waals surface area contributed by atoms with Crippen LogP contribution in [0.1, 0.15) is 22.3 Å². The minimum atomic E-state index is 0. The van der Waals surface area contributed by atoms with Crippen molar-refractivity contribution in [2.24, 2.45) is 0 Å². The van der Waals surface area contributed by atoms with Crippen molar-refractivity contribution >= 4 is 29.9 Å². The fourth-order valence-electron chi connectivity index (χ4n) is 3.98. The molecule has 0 spiro atoms. The number of halogens is 2. The molecule has 2 aromatic carbocycles. The van der Waals surface area contributed by atoms with Gasteiger partial charge < -0.3 is 15.0 Å². The van der Waals surface area contributed by atoms with Crippen LogP contribution in [0.5, 0.6) is 5.75 Å². The Morgan fingerprint density at radius 3 is 2.59 bits per heavy atom. The zero-order valence-corrected chi connectivity index (χ0v) is 17.9. The van der Waals surface area contributed by atoms with E-state index in [1.807, 2.05) is 53.4 Å². The van der Waals surface area contributed by atoms with E-state index in [1.165, 1.54) is 0 Å². The Bertz CT molecular complexity index is 827. The molecular formula is C22H27Cl2N3O2. The maximum absolute atomic E-state index is 13.2. The van der Waals surface area contributed by atoms with Gasteiger partial charge in [0.25, 0.3) is 5.91 Å². The summed E-state index contributed by atoms with van der Waals surface area (Å²) in [7, 11) is 0. The molecule has 2 aliphatic rings. The SMILES string of the molecule is Cl.O=C(c1ccccc1OCc1ccccc1Cl)N1CCC(N2CCNCC2)C1. The molecule has 29 heavy (non-hydrogen) atoms. The van der Waals surface area contributed by atoms with Crippen molar-refractivity contribution in [3.63, 3.8) is 0 Å². The van der Waals surface area contributed by atoms with E-state index >= 15 is 0 Å². The van der Waals surface area contributed by atoms with Crippen molar-refractivity contribution in [3.05, 3.63) is 64.7 Å². The van der Waals surface area contributed by atoms with Crippen LogP contribution in [-0.4, -0.2) is 61.0 Å². The van der Waals surface area contributed by atoms with Gasteiger partial charge in [-0.2, -0.15) is 0 Å². The van der Waals surface area contributed by atoms with Crippen LogP contribution < -0.4 is 10.1 Å². The highest BCUT2D eigenvalue weighted by atomic mass is 35.5. The lowest BCUT2D eigenvalue weighted by atomic mass is 10.1. The molecule has 0 aliphatic carbocycles. The monoisotopic (exact) mass is 435 g/mol. The second kappa shape index (κ2) is 10.3. The molecule has 2 heterocycles. The van der Waals surface area contributed by atoms with Crippen LogP contribution in [0.25, 0.3) is 0 Å². The first-order chi connectivity index (χ1) is 13.7. The second-order valence-corrected chi connectivity index (χ2v) is 7.76. The molecule has 2 aliphatic heterocycles. The van der Waals surface area contributed by atoms with Gasteiger partial charge in [0.1, 0.15) is 12.4 Å². The summed E-state index contributed by atoms with van der Waals surface area (Å²) >= 11 is 6.22. The molecular weight excluding hydrogens is 409 g/mol. The number of carbonyl (C=O) groups is 1. The fraction of sp³-hybridized carbons (Fsp3) is 0.409. The van der Waals surface area contributed by atoms with Crippen LogP contribution in [0.3, 0.4) is 0 Å². The average Bonchev–Trinajstić information content (AvgIpc) is 3.24. The van der Waals surface area contributed by atoms with E-state index in [0.717, 1.165) is 51.3 Å². The van der Waals surface area contributed by atoms with Crippen LogP contribution in [0.4, 0.5) is 0 Å². The Morgan fingerprint density at radius 1 is 1.07 bits per heavy atom. The molecule has 1 amide bonds. The Kier molecular flexibility index (Phi) is 7.78. The molecule has 0 radical (unpaired) electrons. The summed E-state index contributed by atoms with van der Waals surface area (Å²) in [5.74, 6) is 0.658. The van der Waals surface area contributed by atoms with E-state index in [2.05, 4.69) is 10.2 Å². The van der Waals surface area contributed by atoms with Gasteiger partial charge in [-0.3, -0.25) is 9.69 Å². The summed E-state index contributed by atoms with van der Waals surface area (Å²) in [4.78, 5) is 17.6. The largest absolute Gasteiger partial charge is 0.488 e. The second-order valence-electron chi connectivity index (χ2n) is 7.36. The normalized spacial score (nSPS) is 19.6. The van der Waals surface area contributed by atoms with Gasteiger partial charge in [0.15, 0.2) is 0 Å². The van der Waals surface area contributed by atoms with Gasteiger partial charge in [0.05, 0.1) is 5.56 Å². The summed E-state index contributed by atoms with van der Waals surface area (Å²) in [6.07, 6.45) is 1.04.